The minimum atomic E-state index is -4.72. The Morgan fingerprint density at radius 1 is 0.978 bits per heavy atom. The molecule has 0 saturated heterocycles. The summed E-state index contributed by atoms with van der Waals surface area (Å²) in [7, 11) is 0. The second-order valence-corrected chi connectivity index (χ2v) is 10.1. The number of anilines is 1. The Balaban J connectivity index is 1.65. The van der Waals surface area contributed by atoms with Crippen molar-refractivity contribution in [3.05, 3.63) is 94.7 Å². The number of amides is 1. The first-order valence-corrected chi connectivity index (χ1v) is 13.4. The van der Waals surface area contributed by atoms with Crippen LogP contribution in [0, 0.1) is 18.6 Å². The van der Waals surface area contributed by atoms with Gasteiger partial charge in [-0.15, -0.1) is 0 Å². The Labute approximate surface area is 251 Å². The number of carboxylic acids is 1. The third-order valence-electron chi connectivity index (χ3n) is 7.09. The molecule has 3 N–H and O–H groups in total. The number of aryl methyl sites for hydroxylation is 1. The summed E-state index contributed by atoms with van der Waals surface area (Å²) in [6.45, 7) is 0.173. The van der Waals surface area contributed by atoms with Gasteiger partial charge in [0.15, 0.2) is 0 Å². The van der Waals surface area contributed by atoms with Crippen molar-refractivity contribution in [3.63, 3.8) is 0 Å². The molecule has 0 aliphatic heterocycles. The van der Waals surface area contributed by atoms with Crippen LogP contribution < -0.4 is 10.6 Å². The van der Waals surface area contributed by atoms with Crippen LogP contribution in [0.25, 0.3) is 22.0 Å². The van der Waals surface area contributed by atoms with E-state index in [9.17, 15) is 49.8 Å². The molecule has 238 valence electrons. The molecule has 45 heavy (non-hydrogen) atoms. The first-order chi connectivity index (χ1) is 21.2. The lowest BCUT2D eigenvalue weighted by molar-refractivity contribution is -0.139. The lowest BCUT2D eigenvalue weighted by Crippen LogP contribution is -2.43. The van der Waals surface area contributed by atoms with Gasteiger partial charge < -0.3 is 15.7 Å². The Bertz CT molecular complexity index is 1710. The third-order valence-corrected chi connectivity index (χ3v) is 7.09. The van der Waals surface area contributed by atoms with Crippen molar-refractivity contribution in [1.82, 2.24) is 10.3 Å². The van der Waals surface area contributed by atoms with E-state index in [1.54, 1.807) is 18.2 Å². The number of nitrogens with one attached hydrogen (secondary N) is 2. The zero-order chi connectivity index (χ0) is 33.1. The van der Waals surface area contributed by atoms with Crippen LogP contribution >= 0.6 is 0 Å². The first-order valence-electron chi connectivity index (χ1n) is 13.4. The number of pyridine rings is 1. The summed E-state index contributed by atoms with van der Waals surface area (Å²) >= 11 is 0. The zero-order valence-electron chi connectivity index (χ0n) is 23.4. The largest absolute Gasteiger partial charge is 0.480 e. The van der Waals surface area contributed by atoms with Crippen molar-refractivity contribution in [2.75, 3.05) is 12.0 Å². The molecule has 0 aliphatic rings. The number of hydrogen-bond acceptors (Lipinski definition) is 4. The van der Waals surface area contributed by atoms with Crippen molar-refractivity contribution in [2.24, 2.45) is 0 Å². The monoisotopic (exact) mass is 639 g/mol. The fraction of sp³-hybridized carbons (Fsp3) is 0.258. The molecule has 3 aromatic carbocycles. The van der Waals surface area contributed by atoms with Gasteiger partial charge in [-0.05, 0) is 47.0 Å². The number of hydrogen-bond donors (Lipinski definition) is 3. The topological polar surface area (TPSA) is 91.3 Å². The number of rotatable bonds is 11. The molecule has 4 aromatic rings. The number of carboxylic acid groups (broad SMARTS) is 1. The molecule has 0 saturated carbocycles. The van der Waals surface area contributed by atoms with Gasteiger partial charge >= 0.3 is 12.1 Å². The molecule has 6 nitrogen and oxygen atoms in total. The maximum Gasteiger partial charge on any atom is 0.418 e. The van der Waals surface area contributed by atoms with Crippen LogP contribution in [0.1, 0.15) is 33.5 Å². The van der Waals surface area contributed by atoms with Gasteiger partial charge in [0.1, 0.15) is 23.2 Å². The molecule has 1 aromatic heterocycles. The second-order valence-electron chi connectivity index (χ2n) is 10.1. The Kier molecular flexibility index (Phi) is 9.94. The van der Waals surface area contributed by atoms with Gasteiger partial charge in [0.2, 0.25) is 0 Å². The van der Waals surface area contributed by atoms with Gasteiger partial charge in [-0.3, -0.25) is 14.2 Å². The van der Waals surface area contributed by atoms with Crippen LogP contribution in [0.4, 0.5) is 40.8 Å². The van der Waals surface area contributed by atoms with Gasteiger partial charge in [0.05, 0.1) is 24.0 Å². The maximum absolute atomic E-state index is 14.8. The standard InChI is InChI=1S/C31H25F8N3O3/c1-15-9-11-40-27(26(15)31(37,38)39)20-7-6-16(18-4-2-3-5-19(18)20)12-24(30(44)45)42-29(43)25-21(33)13-17(14-22(25)34)41-23(8-10-32)28(35)36/h2-7,9,11,13-14,23-24,28,41H,8,10,12H2,1H3,(H,42,43)(H,44,45). The molecule has 0 radical (unpaired) electrons. The van der Waals surface area contributed by atoms with Crippen LogP contribution in [0.5, 0.6) is 0 Å². The molecule has 0 aliphatic carbocycles. The van der Waals surface area contributed by atoms with Crippen LogP contribution in [-0.2, 0) is 17.4 Å². The van der Waals surface area contributed by atoms with E-state index in [0.717, 1.165) is 0 Å². The number of fused-ring (bicyclic) bond motifs is 1. The van der Waals surface area contributed by atoms with E-state index in [-0.39, 0.29) is 22.4 Å². The average Bonchev–Trinajstić information content (AvgIpc) is 2.95. The molecular weight excluding hydrogens is 614 g/mol. The van der Waals surface area contributed by atoms with Gasteiger partial charge in [-0.2, -0.15) is 13.2 Å². The number of alkyl halides is 6. The predicted octanol–water partition coefficient (Wildman–Crippen LogP) is 7.34. The highest BCUT2D eigenvalue weighted by Gasteiger charge is 2.37. The molecule has 0 bridgehead atoms. The van der Waals surface area contributed by atoms with Crippen molar-refractivity contribution in [3.8, 4) is 11.3 Å². The van der Waals surface area contributed by atoms with E-state index in [1.807, 2.05) is 5.32 Å². The summed E-state index contributed by atoms with van der Waals surface area (Å²) in [5.74, 6) is -6.03. The van der Waals surface area contributed by atoms with E-state index < -0.39 is 84.5 Å². The lowest BCUT2D eigenvalue weighted by Gasteiger charge is -2.20. The predicted molar refractivity (Wildman–Crippen MR) is 150 cm³/mol. The van der Waals surface area contributed by atoms with E-state index >= 15 is 0 Å². The van der Waals surface area contributed by atoms with E-state index in [4.69, 9.17) is 0 Å². The Morgan fingerprint density at radius 3 is 2.20 bits per heavy atom. The van der Waals surface area contributed by atoms with E-state index in [2.05, 4.69) is 10.3 Å². The highest BCUT2D eigenvalue weighted by molar-refractivity contribution is 6.00. The minimum Gasteiger partial charge on any atom is -0.480 e. The van der Waals surface area contributed by atoms with Crippen LogP contribution in [0.15, 0.2) is 60.8 Å². The van der Waals surface area contributed by atoms with Gasteiger partial charge in [-0.1, -0.05) is 36.4 Å². The van der Waals surface area contributed by atoms with Gasteiger partial charge in [-0.25, -0.2) is 22.4 Å². The Hall–Kier alpha value is -4.75. The van der Waals surface area contributed by atoms with E-state index in [0.29, 0.717) is 22.9 Å². The van der Waals surface area contributed by atoms with Crippen molar-refractivity contribution >= 4 is 28.3 Å². The molecule has 1 amide bonds. The quantitative estimate of drug-likeness (QED) is 0.150. The average molecular weight is 640 g/mol. The number of aromatic nitrogens is 1. The normalized spacial score (nSPS) is 13.1. The summed E-state index contributed by atoms with van der Waals surface area (Å²) in [6, 6.07) is 7.74. The summed E-state index contributed by atoms with van der Waals surface area (Å²) in [6.07, 6.45) is -7.62. The lowest BCUT2D eigenvalue weighted by atomic mass is 9.92. The molecule has 4 rings (SSSR count). The number of halogens is 8. The number of carbonyl (C=O) groups is 2. The fourth-order valence-electron chi connectivity index (χ4n) is 4.98. The third kappa shape index (κ3) is 7.32. The summed E-state index contributed by atoms with van der Waals surface area (Å²) in [5.41, 5.74) is -2.58. The van der Waals surface area contributed by atoms with Crippen molar-refractivity contribution < 1.29 is 49.8 Å². The highest BCUT2D eigenvalue weighted by atomic mass is 19.4. The minimum absolute atomic E-state index is 0.0498. The van der Waals surface area contributed by atoms with E-state index in [1.165, 1.54) is 37.4 Å². The van der Waals surface area contributed by atoms with Crippen LogP contribution in [0.3, 0.4) is 0 Å². The first kappa shape index (κ1) is 33.1. The fourth-order valence-corrected chi connectivity index (χ4v) is 4.98. The molecule has 2 atom stereocenters. The summed E-state index contributed by atoms with van der Waals surface area (Å²) < 4.78 is 110. The van der Waals surface area contributed by atoms with Crippen LogP contribution in [-0.4, -0.2) is 47.2 Å². The molecule has 1 heterocycles. The number of benzene rings is 3. The number of carbonyl (C=O) groups excluding carboxylic acids is 1. The van der Waals surface area contributed by atoms with Crippen molar-refractivity contribution in [2.45, 2.75) is 44.5 Å². The Morgan fingerprint density at radius 2 is 1.62 bits per heavy atom. The molecular formula is C31H25F8N3O3. The molecule has 14 heteroatoms. The molecule has 2 unspecified atom stereocenters. The summed E-state index contributed by atoms with van der Waals surface area (Å²) in [4.78, 5) is 28.9. The maximum atomic E-state index is 14.8. The van der Waals surface area contributed by atoms with Gasteiger partial charge in [0, 0.05) is 30.3 Å². The smallest absolute Gasteiger partial charge is 0.418 e. The zero-order valence-corrected chi connectivity index (χ0v) is 23.4. The SMILES string of the molecule is Cc1ccnc(-c2ccc(CC(NC(=O)c3c(F)cc(NC(CCF)C(F)F)cc3F)C(=O)O)c3ccccc23)c1C(F)(F)F. The van der Waals surface area contributed by atoms with Crippen LogP contribution in [0.2, 0.25) is 0 Å². The second kappa shape index (κ2) is 13.5. The molecule has 0 fully saturated rings. The van der Waals surface area contributed by atoms with Gasteiger partial charge in [0.25, 0.3) is 12.3 Å². The summed E-state index contributed by atoms with van der Waals surface area (Å²) in [5, 5.41) is 14.6. The highest BCUT2D eigenvalue weighted by Crippen LogP contribution is 2.40. The molecule has 0 spiro atoms. The number of aliphatic carboxylic acids is 1. The number of nitrogens with zero attached hydrogens (tertiary/aromatic N) is 1. The van der Waals surface area contributed by atoms with Crippen molar-refractivity contribution in [1.29, 1.82) is 0 Å².